The predicted molar refractivity (Wildman–Crippen MR) is 92.5 cm³/mol. The summed E-state index contributed by atoms with van der Waals surface area (Å²) in [5, 5.41) is 9.31. The van der Waals surface area contributed by atoms with Crippen molar-refractivity contribution < 1.29 is 19.0 Å². The molecule has 0 atom stereocenters. The van der Waals surface area contributed by atoms with Crippen molar-refractivity contribution >= 4 is 23.6 Å². The molecule has 6 heteroatoms. The van der Waals surface area contributed by atoms with E-state index in [4.69, 9.17) is 31.1 Å². The molecule has 0 amide bonds. The number of nitriles is 1. The first-order chi connectivity index (χ1) is 12.2. The van der Waals surface area contributed by atoms with E-state index in [1.807, 2.05) is 6.07 Å². The zero-order chi connectivity index (χ0) is 17.6. The predicted octanol–water partition coefficient (Wildman–Crippen LogP) is 3.61. The zero-order valence-corrected chi connectivity index (χ0v) is 14.0. The molecule has 2 aromatic carbocycles. The van der Waals surface area contributed by atoms with Gasteiger partial charge < -0.3 is 14.2 Å². The van der Waals surface area contributed by atoms with Crippen molar-refractivity contribution in [3.05, 3.63) is 64.2 Å². The molecule has 0 bridgehead atoms. The number of carbonyl (C=O) groups excluding carboxylic acids is 1. The van der Waals surface area contributed by atoms with Crippen LogP contribution in [0.5, 0.6) is 11.5 Å². The summed E-state index contributed by atoms with van der Waals surface area (Å²) < 4.78 is 16.2. The Morgan fingerprint density at radius 1 is 1.20 bits per heavy atom. The van der Waals surface area contributed by atoms with Crippen LogP contribution in [0.1, 0.15) is 11.1 Å². The summed E-state index contributed by atoms with van der Waals surface area (Å²) in [5.74, 6) is 0.845. The molecule has 126 valence electrons. The van der Waals surface area contributed by atoms with Crippen molar-refractivity contribution in [1.29, 1.82) is 5.26 Å². The van der Waals surface area contributed by atoms with Crippen molar-refractivity contribution in [2.24, 2.45) is 0 Å². The Labute approximate surface area is 150 Å². The summed E-state index contributed by atoms with van der Waals surface area (Å²) in [6, 6.07) is 14.0. The number of hydrogen-bond acceptors (Lipinski definition) is 5. The summed E-state index contributed by atoms with van der Waals surface area (Å²) in [6.45, 7) is 0.483. The van der Waals surface area contributed by atoms with Gasteiger partial charge in [-0.25, -0.2) is 4.79 Å². The van der Waals surface area contributed by atoms with Gasteiger partial charge in [0.15, 0.2) is 0 Å². The third kappa shape index (κ3) is 4.31. The number of hydrogen-bond donors (Lipinski definition) is 0. The van der Waals surface area contributed by atoms with Gasteiger partial charge in [-0.2, -0.15) is 5.26 Å². The molecular weight excluding hydrogens is 342 g/mol. The Balaban J connectivity index is 1.50. The van der Waals surface area contributed by atoms with Gasteiger partial charge in [-0.3, -0.25) is 0 Å². The normalized spacial score (nSPS) is 12.2. The summed E-state index contributed by atoms with van der Waals surface area (Å²) in [5.41, 5.74) is 1.73. The quantitative estimate of drug-likeness (QED) is 0.605. The van der Waals surface area contributed by atoms with E-state index in [1.54, 1.807) is 48.5 Å². The topological polar surface area (TPSA) is 68.5 Å². The van der Waals surface area contributed by atoms with Crippen LogP contribution in [0, 0.1) is 11.3 Å². The van der Waals surface area contributed by atoms with Crippen molar-refractivity contribution in [3.63, 3.8) is 0 Å². The number of benzene rings is 2. The van der Waals surface area contributed by atoms with Gasteiger partial charge >= 0.3 is 5.97 Å². The molecule has 0 aromatic heterocycles. The molecule has 0 unspecified atom stereocenters. The maximum absolute atomic E-state index is 12.1. The van der Waals surface area contributed by atoms with E-state index in [-0.39, 0.29) is 19.8 Å². The molecule has 1 heterocycles. The molecular formula is C19H14ClNO4. The minimum absolute atomic E-state index is 0.110. The zero-order valence-electron chi connectivity index (χ0n) is 13.2. The maximum Gasteiger partial charge on any atom is 0.337 e. The molecule has 3 rings (SSSR count). The number of esters is 1. The lowest BCUT2D eigenvalue weighted by atomic mass is 10.1. The average Bonchev–Trinajstić information content (AvgIpc) is 2.65. The third-order valence-electron chi connectivity index (χ3n) is 3.52. The van der Waals surface area contributed by atoms with Crippen LogP contribution >= 0.6 is 11.6 Å². The molecule has 5 nitrogen and oxygen atoms in total. The highest BCUT2D eigenvalue weighted by molar-refractivity contribution is 6.30. The Morgan fingerprint density at radius 2 is 2.00 bits per heavy atom. The minimum atomic E-state index is -0.450. The molecule has 0 N–H and O–H groups in total. The number of fused-ring (bicyclic) bond motifs is 1. The molecule has 25 heavy (non-hydrogen) atoms. The summed E-state index contributed by atoms with van der Waals surface area (Å²) >= 11 is 5.95. The van der Waals surface area contributed by atoms with E-state index >= 15 is 0 Å². The fourth-order valence-electron chi connectivity index (χ4n) is 2.28. The number of halogens is 1. The maximum atomic E-state index is 12.1. The number of rotatable bonds is 5. The largest absolute Gasteiger partial charge is 0.490 e. The fourth-order valence-corrected chi connectivity index (χ4v) is 2.46. The lowest BCUT2D eigenvalue weighted by Gasteiger charge is -2.17. The second kappa shape index (κ2) is 7.73. The summed E-state index contributed by atoms with van der Waals surface area (Å²) in [4.78, 5) is 12.1. The number of carbonyl (C=O) groups is 1. The number of ether oxygens (including phenoxy) is 3. The highest BCUT2D eigenvalue weighted by Crippen LogP contribution is 2.29. The van der Waals surface area contributed by atoms with Crippen LogP contribution in [0.4, 0.5) is 0 Å². The first-order valence-corrected chi connectivity index (χ1v) is 7.96. The van der Waals surface area contributed by atoms with E-state index in [0.717, 1.165) is 5.56 Å². The third-order valence-corrected chi connectivity index (χ3v) is 3.75. The monoisotopic (exact) mass is 355 g/mol. The van der Waals surface area contributed by atoms with Gasteiger partial charge in [-0.05, 0) is 48.5 Å². The fraction of sp³-hybridized carbons (Fsp3) is 0.158. The Hall–Kier alpha value is -2.97. The second-order valence-corrected chi connectivity index (χ2v) is 5.70. The summed E-state index contributed by atoms with van der Waals surface area (Å²) in [6.07, 6.45) is 1.72. The Morgan fingerprint density at radius 3 is 2.76 bits per heavy atom. The van der Waals surface area contributed by atoms with Gasteiger partial charge in [0.05, 0.1) is 17.2 Å². The van der Waals surface area contributed by atoms with Crippen LogP contribution < -0.4 is 9.47 Å². The van der Waals surface area contributed by atoms with E-state index in [9.17, 15) is 4.79 Å². The first kappa shape index (κ1) is 16.9. The lowest BCUT2D eigenvalue weighted by molar-refractivity contribution is -0.140. The number of nitrogens with zero attached hydrogens (tertiary/aromatic N) is 1. The highest BCUT2D eigenvalue weighted by Gasteiger charge is 2.18. The van der Waals surface area contributed by atoms with Gasteiger partial charge in [0, 0.05) is 10.6 Å². The van der Waals surface area contributed by atoms with Crippen LogP contribution in [-0.2, 0) is 9.53 Å². The SMILES string of the molecule is N#Cc1ccc(OCCOC(=O)C2=Cc3cc(Cl)ccc3OC2)cc1. The Kier molecular flexibility index (Phi) is 5.22. The van der Waals surface area contributed by atoms with Crippen LogP contribution in [-0.4, -0.2) is 25.8 Å². The lowest BCUT2D eigenvalue weighted by Crippen LogP contribution is -2.19. The van der Waals surface area contributed by atoms with Crippen molar-refractivity contribution in [3.8, 4) is 17.6 Å². The van der Waals surface area contributed by atoms with E-state index < -0.39 is 5.97 Å². The second-order valence-electron chi connectivity index (χ2n) is 5.26. The van der Waals surface area contributed by atoms with Crippen LogP contribution in [0.3, 0.4) is 0 Å². The minimum Gasteiger partial charge on any atom is -0.490 e. The van der Waals surface area contributed by atoms with Crippen molar-refractivity contribution in [2.45, 2.75) is 0 Å². The van der Waals surface area contributed by atoms with Gasteiger partial charge in [-0.15, -0.1) is 0 Å². The van der Waals surface area contributed by atoms with Gasteiger partial charge in [-0.1, -0.05) is 11.6 Å². The van der Waals surface area contributed by atoms with E-state index in [2.05, 4.69) is 0 Å². The summed E-state index contributed by atoms with van der Waals surface area (Å²) in [7, 11) is 0. The molecule has 1 aliphatic heterocycles. The highest BCUT2D eigenvalue weighted by atomic mass is 35.5. The van der Waals surface area contributed by atoms with Gasteiger partial charge in [0.1, 0.15) is 31.3 Å². The average molecular weight is 356 g/mol. The smallest absolute Gasteiger partial charge is 0.337 e. The van der Waals surface area contributed by atoms with Crippen LogP contribution in [0.25, 0.3) is 6.08 Å². The van der Waals surface area contributed by atoms with Gasteiger partial charge in [0.25, 0.3) is 0 Å². The van der Waals surface area contributed by atoms with E-state index in [1.165, 1.54) is 0 Å². The molecule has 0 radical (unpaired) electrons. The molecule has 0 aliphatic carbocycles. The van der Waals surface area contributed by atoms with Crippen LogP contribution in [0.15, 0.2) is 48.0 Å². The Bertz CT molecular complexity index is 853. The molecule has 0 saturated carbocycles. The van der Waals surface area contributed by atoms with E-state index in [0.29, 0.717) is 27.7 Å². The van der Waals surface area contributed by atoms with Crippen LogP contribution in [0.2, 0.25) is 5.02 Å². The molecule has 1 aliphatic rings. The first-order valence-electron chi connectivity index (χ1n) is 7.59. The molecule has 0 saturated heterocycles. The molecule has 2 aromatic rings. The standard InChI is InChI=1S/C19H14ClNO4/c20-16-3-6-18-14(10-16)9-15(12-25-18)19(22)24-8-7-23-17-4-1-13(11-21)2-5-17/h1-6,9-10H,7-8,12H2. The molecule has 0 spiro atoms. The van der Waals surface area contributed by atoms with Gasteiger partial charge in [0.2, 0.25) is 0 Å². The van der Waals surface area contributed by atoms with Crippen molar-refractivity contribution in [1.82, 2.24) is 0 Å². The van der Waals surface area contributed by atoms with Crippen molar-refractivity contribution in [2.75, 3.05) is 19.8 Å². The molecule has 0 fully saturated rings.